The molecule has 4 nitrogen and oxygen atoms in total. The highest BCUT2D eigenvalue weighted by Gasteiger charge is 2.27. The number of H-pyrrole nitrogens is 1. The summed E-state index contributed by atoms with van der Waals surface area (Å²) >= 11 is 0. The Morgan fingerprint density at radius 1 is 1.33 bits per heavy atom. The van der Waals surface area contributed by atoms with Crippen LogP contribution in [0.25, 0.3) is 10.9 Å². The summed E-state index contributed by atoms with van der Waals surface area (Å²) < 4.78 is 0. The minimum atomic E-state index is -0.0248. The minimum absolute atomic E-state index is 0.0248. The molecule has 2 atom stereocenters. The first-order chi connectivity index (χ1) is 10.2. The Labute approximate surface area is 124 Å². The standard InChI is InChI=1S/C17H22N2O2/c1-12-5-4-7-15(11-20)19(12)10-14-9-13-6-2-3-8-16(13)18-17(14)21/h2-3,6,8-9,12,15,20H,4-5,7,10-11H2,1H3,(H,18,21). The Bertz CT molecular complexity index is 680. The summed E-state index contributed by atoms with van der Waals surface area (Å²) in [5.41, 5.74) is 1.63. The molecule has 3 rings (SSSR count). The number of aliphatic hydroxyl groups excluding tert-OH is 1. The zero-order valence-electron chi connectivity index (χ0n) is 12.4. The summed E-state index contributed by atoms with van der Waals surface area (Å²) in [5, 5.41) is 10.6. The van der Waals surface area contributed by atoms with E-state index < -0.39 is 0 Å². The fourth-order valence-corrected chi connectivity index (χ4v) is 3.33. The lowest BCUT2D eigenvalue weighted by Crippen LogP contribution is -2.47. The van der Waals surface area contributed by atoms with Crippen LogP contribution in [0.5, 0.6) is 0 Å². The molecule has 2 N–H and O–H groups in total. The van der Waals surface area contributed by atoms with Crippen molar-refractivity contribution >= 4 is 10.9 Å². The molecule has 0 spiro atoms. The van der Waals surface area contributed by atoms with Crippen LogP contribution in [0.2, 0.25) is 0 Å². The summed E-state index contributed by atoms with van der Waals surface area (Å²) in [5.74, 6) is 0. The van der Waals surface area contributed by atoms with Crippen LogP contribution in [0.15, 0.2) is 35.1 Å². The molecule has 1 aliphatic heterocycles. The first-order valence-electron chi connectivity index (χ1n) is 7.66. The topological polar surface area (TPSA) is 56.3 Å². The van der Waals surface area contributed by atoms with Gasteiger partial charge in [0.15, 0.2) is 0 Å². The summed E-state index contributed by atoms with van der Waals surface area (Å²) in [6.45, 7) is 2.94. The van der Waals surface area contributed by atoms with Crippen molar-refractivity contribution in [1.29, 1.82) is 0 Å². The van der Waals surface area contributed by atoms with Crippen LogP contribution >= 0.6 is 0 Å². The summed E-state index contributed by atoms with van der Waals surface area (Å²) in [6.07, 6.45) is 3.28. The molecule has 1 saturated heterocycles. The molecule has 2 heterocycles. The number of pyridine rings is 1. The van der Waals surface area contributed by atoms with Crippen molar-refractivity contribution in [2.75, 3.05) is 6.61 Å². The SMILES string of the molecule is CC1CCCC(CO)N1Cc1cc2ccccc2[nH]c1=O. The summed E-state index contributed by atoms with van der Waals surface area (Å²) in [7, 11) is 0. The normalized spacial score (nSPS) is 23.5. The van der Waals surface area contributed by atoms with E-state index in [4.69, 9.17) is 0 Å². The first kappa shape index (κ1) is 14.3. The van der Waals surface area contributed by atoms with Crippen molar-refractivity contribution < 1.29 is 5.11 Å². The number of piperidine rings is 1. The van der Waals surface area contributed by atoms with Crippen LogP contribution in [0.1, 0.15) is 31.7 Å². The molecular weight excluding hydrogens is 264 g/mol. The molecule has 1 fully saturated rings. The van der Waals surface area contributed by atoms with Gasteiger partial charge in [0.05, 0.1) is 6.61 Å². The van der Waals surface area contributed by atoms with Crippen molar-refractivity contribution in [1.82, 2.24) is 9.88 Å². The number of benzene rings is 1. The second-order valence-electron chi connectivity index (χ2n) is 6.00. The quantitative estimate of drug-likeness (QED) is 0.910. The van der Waals surface area contributed by atoms with Gasteiger partial charge in [-0.2, -0.15) is 0 Å². The second-order valence-corrected chi connectivity index (χ2v) is 6.00. The molecule has 112 valence electrons. The number of nitrogens with zero attached hydrogens (tertiary/aromatic N) is 1. The van der Waals surface area contributed by atoms with Crippen LogP contribution in [-0.4, -0.2) is 33.7 Å². The smallest absolute Gasteiger partial charge is 0.252 e. The molecule has 2 aromatic rings. The molecule has 0 aliphatic carbocycles. The Kier molecular flexibility index (Phi) is 4.08. The third-order valence-electron chi connectivity index (χ3n) is 4.59. The number of aliphatic hydroxyl groups is 1. The molecule has 2 unspecified atom stereocenters. The number of hydrogen-bond donors (Lipinski definition) is 2. The first-order valence-corrected chi connectivity index (χ1v) is 7.66. The average Bonchev–Trinajstić information content (AvgIpc) is 2.49. The van der Waals surface area contributed by atoms with E-state index >= 15 is 0 Å². The predicted octanol–water partition coefficient (Wildman–Crippen LogP) is 2.26. The van der Waals surface area contributed by atoms with E-state index in [-0.39, 0.29) is 18.2 Å². The highest BCUT2D eigenvalue weighted by molar-refractivity contribution is 5.78. The van der Waals surface area contributed by atoms with Crippen LogP contribution in [-0.2, 0) is 6.54 Å². The lowest BCUT2D eigenvalue weighted by atomic mass is 9.96. The maximum atomic E-state index is 12.3. The van der Waals surface area contributed by atoms with Crippen molar-refractivity contribution in [3.05, 3.63) is 46.2 Å². The number of aromatic amines is 1. The molecule has 1 aromatic heterocycles. The highest BCUT2D eigenvalue weighted by Crippen LogP contribution is 2.24. The number of rotatable bonds is 3. The van der Waals surface area contributed by atoms with Gasteiger partial charge in [-0.3, -0.25) is 9.69 Å². The lowest BCUT2D eigenvalue weighted by molar-refractivity contribution is 0.0449. The van der Waals surface area contributed by atoms with E-state index in [1.807, 2.05) is 30.3 Å². The van der Waals surface area contributed by atoms with Gasteiger partial charge >= 0.3 is 0 Å². The number of fused-ring (bicyclic) bond motifs is 1. The van der Waals surface area contributed by atoms with Crippen molar-refractivity contribution in [3.8, 4) is 0 Å². The van der Waals surface area contributed by atoms with Crippen LogP contribution in [0, 0.1) is 0 Å². The Morgan fingerprint density at radius 3 is 2.95 bits per heavy atom. The van der Waals surface area contributed by atoms with Gasteiger partial charge in [-0.15, -0.1) is 0 Å². The third-order valence-corrected chi connectivity index (χ3v) is 4.59. The van der Waals surface area contributed by atoms with E-state index in [0.717, 1.165) is 35.7 Å². The van der Waals surface area contributed by atoms with Gasteiger partial charge in [0.2, 0.25) is 0 Å². The summed E-state index contributed by atoms with van der Waals surface area (Å²) in [4.78, 5) is 17.5. The zero-order valence-corrected chi connectivity index (χ0v) is 12.4. The van der Waals surface area contributed by atoms with E-state index in [0.29, 0.717) is 12.6 Å². The highest BCUT2D eigenvalue weighted by atomic mass is 16.3. The van der Waals surface area contributed by atoms with Crippen LogP contribution in [0.3, 0.4) is 0 Å². The molecule has 1 aliphatic rings. The molecule has 0 bridgehead atoms. The molecule has 0 amide bonds. The van der Waals surface area contributed by atoms with Gasteiger partial charge in [0.25, 0.3) is 5.56 Å². The fourth-order valence-electron chi connectivity index (χ4n) is 3.33. The largest absolute Gasteiger partial charge is 0.395 e. The third kappa shape index (κ3) is 2.87. The fraction of sp³-hybridized carbons (Fsp3) is 0.471. The number of likely N-dealkylation sites (tertiary alicyclic amines) is 1. The molecular formula is C17H22N2O2. The Morgan fingerprint density at radius 2 is 2.14 bits per heavy atom. The summed E-state index contributed by atoms with van der Waals surface area (Å²) in [6, 6.07) is 10.4. The van der Waals surface area contributed by atoms with E-state index in [2.05, 4.69) is 16.8 Å². The van der Waals surface area contributed by atoms with Gasteiger partial charge < -0.3 is 10.1 Å². The van der Waals surface area contributed by atoms with Crippen LogP contribution in [0.4, 0.5) is 0 Å². The molecule has 1 aromatic carbocycles. The Hall–Kier alpha value is -1.65. The average molecular weight is 286 g/mol. The molecule has 4 heteroatoms. The number of para-hydroxylation sites is 1. The maximum Gasteiger partial charge on any atom is 0.252 e. The van der Waals surface area contributed by atoms with Gasteiger partial charge in [0, 0.05) is 29.7 Å². The number of nitrogens with one attached hydrogen (secondary N) is 1. The maximum absolute atomic E-state index is 12.3. The predicted molar refractivity (Wildman–Crippen MR) is 84.3 cm³/mol. The molecule has 0 radical (unpaired) electrons. The number of aromatic nitrogens is 1. The van der Waals surface area contributed by atoms with Gasteiger partial charge in [0.1, 0.15) is 0 Å². The molecule has 0 saturated carbocycles. The minimum Gasteiger partial charge on any atom is -0.395 e. The monoisotopic (exact) mass is 286 g/mol. The van der Waals surface area contributed by atoms with E-state index in [9.17, 15) is 9.90 Å². The zero-order chi connectivity index (χ0) is 14.8. The number of hydrogen-bond acceptors (Lipinski definition) is 3. The van der Waals surface area contributed by atoms with Crippen molar-refractivity contribution in [3.63, 3.8) is 0 Å². The second kappa shape index (κ2) is 6.00. The van der Waals surface area contributed by atoms with Crippen LogP contribution < -0.4 is 5.56 Å². The van der Waals surface area contributed by atoms with Gasteiger partial charge in [-0.05, 0) is 37.3 Å². The lowest BCUT2D eigenvalue weighted by Gasteiger charge is -2.39. The van der Waals surface area contributed by atoms with Crippen molar-refractivity contribution in [2.45, 2.75) is 44.8 Å². The van der Waals surface area contributed by atoms with E-state index in [1.165, 1.54) is 0 Å². The van der Waals surface area contributed by atoms with Crippen molar-refractivity contribution in [2.24, 2.45) is 0 Å². The molecule has 21 heavy (non-hydrogen) atoms. The van der Waals surface area contributed by atoms with Gasteiger partial charge in [-0.1, -0.05) is 24.6 Å². The van der Waals surface area contributed by atoms with Gasteiger partial charge in [-0.25, -0.2) is 0 Å². The Balaban J connectivity index is 1.93. The van der Waals surface area contributed by atoms with E-state index in [1.54, 1.807) is 0 Å².